The Morgan fingerprint density at radius 3 is 2.23 bits per heavy atom. The lowest BCUT2D eigenvalue weighted by atomic mass is 10.0. The van der Waals surface area contributed by atoms with E-state index in [-0.39, 0.29) is 60.9 Å². The van der Waals surface area contributed by atoms with E-state index >= 15 is 0 Å². The van der Waals surface area contributed by atoms with Gasteiger partial charge in [-0.2, -0.15) is 4.31 Å². The molecule has 1 unspecified atom stereocenters. The standard InChI is InChI=1S/C29H40N4O7S.C5H12OS/c1-21(2)17-33(41(37,38)23-10-11-26-27(15-23)40-20-39-26)18-25(34)24(14-22-8-4-3-5-9-22)31-28(35)16-30-29(36)19-32-12-6-7-13-32;1-5(2,3)7(4)6/h3-5,8-11,15,21,24-25,34H,6-7,12-14,16-20H2,1-2H3,(H,30,36)(H,31,35);1-4H3/t24-,25+;/m0./s1. The number of aliphatic hydroxyl groups excluding tert-OH is 1. The highest BCUT2D eigenvalue weighted by atomic mass is 32.2. The Morgan fingerprint density at radius 2 is 1.62 bits per heavy atom. The molecular formula is C34H52N4O8S2. The molecule has 48 heavy (non-hydrogen) atoms. The van der Waals surface area contributed by atoms with Crippen LogP contribution in [-0.4, -0.2) is 108 Å². The van der Waals surface area contributed by atoms with Crippen LogP contribution in [0.2, 0.25) is 0 Å². The first-order chi connectivity index (χ1) is 22.6. The summed E-state index contributed by atoms with van der Waals surface area (Å²) < 4.78 is 49.9. The zero-order valence-electron chi connectivity index (χ0n) is 28.9. The highest BCUT2D eigenvalue weighted by molar-refractivity contribution is 7.89. The number of ether oxygens (including phenoxy) is 2. The van der Waals surface area contributed by atoms with E-state index in [9.17, 15) is 27.3 Å². The third-order valence-electron chi connectivity index (χ3n) is 7.92. The van der Waals surface area contributed by atoms with E-state index in [1.165, 1.54) is 16.4 Å². The maximum absolute atomic E-state index is 13.7. The molecule has 2 heterocycles. The number of likely N-dealkylation sites (tertiary alicyclic amines) is 1. The molecule has 268 valence electrons. The Hall–Kier alpha value is -3.04. The summed E-state index contributed by atoms with van der Waals surface area (Å²) in [6.07, 6.45) is 2.88. The number of sulfonamides is 1. The van der Waals surface area contributed by atoms with Crippen LogP contribution in [0.15, 0.2) is 53.4 Å². The third-order valence-corrected chi connectivity index (χ3v) is 11.5. The predicted octanol–water partition coefficient (Wildman–Crippen LogP) is 2.53. The number of rotatable bonds is 14. The molecule has 1 saturated heterocycles. The molecule has 2 aromatic rings. The van der Waals surface area contributed by atoms with Crippen molar-refractivity contribution in [2.45, 2.75) is 75.7 Å². The first kappa shape index (κ1) is 39.4. The minimum Gasteiger partial charge on any atom is -0.454 e. The summed E-state index contributed by atoms with van der Waals surface area (Å²) in [6, 6.07) is 13.0. The number of nitrogens with zero attached hydrogens (tertiary/aromatic N) is 2. The van der Waals surface area contributed by atoms with E-state index in [1.54, 1.807) is 12.3 Å². The van der Waals surface area contributed by atoms with Crippen molar-refractivity contribution in [3.05, 3.63) is 54.1 Å². The molecule has 2 amide bonds. The average Bonchev–Trinajstić information content (AvgIpc) is 3.71. The van der Waals surface area contributed by atoms with Gasteiger partial charge >= 0.3 is 0 Å². The molecule has 0 aromatic heterocycles. The molecule has 3 N–H and O–H groups in total. The first-order valence-corrected chi connectivity index (χ1v) is 19.3. The summed E-state index contributed by atoms with van der Waals surface area (Å²) in [4.78, 5) is 27.2. The second kappa shape index (κ2) is 18.1. The van der Waals surface area contributed by atoms with E-state index in [0.717, 1.165) is 31.5 Å². The minimum atomic E-state index is -4.02. The van der Waals surface area contributed by atoms with Crippen molar-refractivity contribution in [2.75, 3.05) is 52.3 Å². The number of carbonyl (C=O) groups excluding carboxylic acids is 2. The number of carbonyl (C=O) groups is 2. The normalized spacial score (nSPS) is 16.6. The topological polar surface area (TPSA) is 155 Å². The minimum absolute atomic E-state index is 0.0207. The number of amides is 2. The number of hydrogen-bond donors (Lipinski definition) is 3. The van der Waals surface area contributed by atoms with Gasteiger partial charge in [-0.05, 0) is 76.7 Å². The smallest absolute Gasteiger partial charge is 0.243 e. The van der Waals surface area contributed by atoms with Crippen LogP contribution in [0.1, 0.15) is 53.0 Å². The molecule has 0 bridgehead atoms. The second-order valence-corrected chi connectivity index (χ2v) is 17.6. The number of fused-ring (bicyclic) bond motifs is 1. The summed E-state index contributed by atoms with van der Waals surface area (Å²) in [6.45, 7) is 11.3. The molecule has 1 fully saturated rings. The average molecular weight is 709 g/mol. The Balaban J connectivity index is 0.000000804. The lowest BCUT2D eigenvalue weighted by Gasteiger charge is -2.31. The van der Waals surface area contributed by atoms with Gasteiger partial charge in [0.05, 0.1) is 30.1 Å². The van der Waals surface area contributed by atoms with Gasteiger partial charge in [-0.1, -0.05) is 44.2 Å². The van der Waals surface area contributed by atoms with Crippen molar-refractivity contribution in [2.24, 2.45) is 5.92 Å². The Bertz CT molecular complexity index is 1480. The maximum Gasteiger partial charge on any atom is 0.243 e. The van der Waals surface area contributed by atoms with Crippen molar-refractivity contribution in [3.8, 4) is 11.5 Å². The summed E-state index contributed by atoms with van der Waals surface area (Å²) in [7, 11) is -4.70. The van der Waals surface area contributed by atoms with Gasteiger partial charge in [0.1, 0.15) is 0 Å². The van der Waals surface area contributed by atoms with Gasteiger partial charge in [0.25, 0.3) is 0 Å². The quantitative estimate of drug-likeness (QED) is 0.269. The number of benzene rings is 2. The molecule has 12 nitrogen and oxygen atoms in total. The maximum atomic E-state index is 13.7. The van der Waals surface area contributed by atoms with Gasteiger partial charge in [-0.25, -0.2) is 8.42 Å². The molecular weight excluding hydrogens is 657 g/mol. The van der Waals surface area contributed by atoms with Gasteiger partial charge in [0.2, 0.25) is 28.6 Å². The fourth-order valence-corrected chi connectivity index (χ4v) is 6.63. The molecule has 2 aliphatic heterocycles. The third kappa shape index (κ3) is 12.4. The van der Waals surface area contributed by atoms with Crippen LogP contribution in [0.5, 0.6) is 11.5 Å². The van der Waals surface area contributed by atoms with Crippen LogP contribution in [0.3, 0.4) is 0 Å². The monoisotopic (exact) mass is 708 g/mol. The van der Waals surface area contributed by atoms with E-state index in [4.69, 9.17) is 9.47 Å². The Kier molecular flexibility index (Phi) is 14.9. The van der Waals surface area contributed by atoms with Crippen molar-refractivity contribution >= 4 is 32.6 Å². The molecule has 14 heteroatoms. The van der Waals surface area contributed by atoms with Crippen molar-refractivity contribution in [3.63, 3.8) is 0 Å². The number of nitrogens with one attached hydrogen (secondary N) is 2. The largest absolute Gasteiger partial charge is 0.454 e. The lowest BCUT2D eigenvalue weighted by molar-refractivity contribution is -0.127. The van der Waals surface area contributed by atoms with Crippen LogP contribution in [0.4, 0.5) is 0 Å². The van der Waals surface area contributed by atoms with Crippen molar-refractivity contribution < 1.29 is 36.8 Å². The summed E-state index contributed by atoms with van der Waals surface area (Å²) in [5, 5.41) is 16.8. The molecule has 0 radical (unpaired) electrons. The molecule has 0 aliphatic carbocycles. The van der Waals surface area contributed by atoms with Gasteiger partial charge in [-0.3, -0.25) is 18.7 Å². The zero-order valence-corrected chi connectivity index (χ0v) is 30.6. The molecule has 2 aromatic carbocycles. The van der Waals surface area contributed by atoms with Crippen LogP contribution < -0.4 is 20.1 Å². The summed E-state index contributed by atoms with van der Waals surface area (Å²) in [5.41, 5.74) is 0.865. The highest BCUT2D eigenvalue weighted by Gasteiger charge is 2.32. The Labute approximate surface area is 288 Å². The predicted molar refractivity (Wildman–Crippen MR) is 187 cm³/mol. The first-order valence-electron chi connectivity index (χ1n) is 16.3. The fraction of sp³-hybridized carbons (Fsp3) is 0.588. The number of aliphatic hydroxyl groups is 1. The van der Waals surface area contributed by atoms with Gasteiger partial charge in [0.15, 0.2) is 11.5 Å². The van der Waals surface area contributed by atoms with Gasteiger partial charge in [0, 0.05) is 41.0 Å². The molecule has 3 atom stereocenters. The molecule has 0 spiro atoms. The molecule has 0 saturated carbocycles. The van der Waals surface area contributed by atoms with Gasteiger partial charge in [-0.15, -0.1) is 0 Å². The van der Waals surface area contributed by atoms with Crippen LogP contribution >= 0.6 is 0 Å². The van der Waals surface area contributed by atoms with Gasteiger partial charge < -0.3 is 25.2 Å². The number of hydrogen-bond acceptors (Lipinski definition) is 9. The van der Waals surface area contributed by atoms with E-state index < -0.39 is 38.9 Å². The van der Waals surface area contributed by atoms with E-state index in [1.807, 2.05) is 69.9 Å². The summed E-state index contributed by atoms with van der Waals surface area (Å²) in [5.74, 6) is 0.0857. The van der Waals surface area contributed by atoms with Crippen LogP contribution in [-0.2, 0) is 36.8 Å². The zero-order chi connectivity index (χ0) is 35.5. The Morgan fingerprint density at radius 1 is 1.00 bits per heavy atom. The second-order valence-electron chi connectivity index (χ2n) is 13.5. The highest BCUT2D eigenvalue weighted by Crippen LogP contribution is 2.35. The molecule has 4 rings (SSSR count). The molecule has 2 aliphatic rings. The lowest BCUT2D eigenvalue weighted by Crippen LogP contribution is -2.53. The summed E-state index contributed by atoms with van der Waals surface area (Å²) >= 11 is 0. The van der Waals surface area contributed by atoms with Crippen molar-refractivity contribution in [1.29, 1.82) is 0 Å². The van der Waals surface area contributed by atoms with Crippen LogP contribution in [0.25, 0.3) is 0 Å². The van der Waals surface area contributed by atoms with Crippen LogP contribution in [0, 0.1) is 5.92 Å². The fourth-order valence-electron chi connectivity index (χ4n) is 4.99. The van der Waals surface area contributed by atoms with E-state index in [0.29, 0.717) is 11.5 Å². The SMILES string of the molecule is CC(C)CN(C[C@@H](O)[C@H](Cc1ccccc1)NC(=O)CNC(=O)CN1CCCC1)S(=O)(=O)c1ccc2c(c1)OCO2.CS(=O)C(C)(C)C. The van der Waals surface area contributed by atoms with Crippen molar-refractivity contribution in [1.82, 2.24) is 19.8 Å². The van der Waals surface area contributed by atoms with E-state index in [2.05, 4.69) is 10.6 Å².